The van der Waals surface area contributed by atoms with Crippen molar-refractivity contribution < 1.29 is 13.5 Å². The molecule has 2 fully saturated rings. The molecule has 88 valence electrons. The van der Waals surface area contributed by atoms with Crippen molar-refractivity contribution in [2.45, 2.75) is 30.2 Å². The number of hydrogen-bond acceptors (Lipinski definition) is 5. The number of nitrogens with one attached hydrogen (secondary N) is 2. The minimum Gasteiger partial charge on any atom is -0.387 e. The molecule has 2 heterocycles. The fourth-order valence-electron chi connectivity index (χ4n) is 2.21. The molecule has 0 bridgehead atoms. The predicted molar refractivity (Wildman–Crippen MR) is 57.2 cm³/mol. The normalized spacial score (nSPS) is 39.7. The Balaban J connectivity index is 1.88. The maximum absolute atomic E-state index is 11.5. The molecule has 0 aromatic rings. The van der Waals surface area contributed by atoms with Crippen molar-refractivity contribution in [3.8, 4) is 0 Å². The van der Waals surface area contributed by atoms with E-state index < -0.39 is 20.8 Å². The average molecular weight is 234 g/mol. The number of rotatable bonds is 3. The lowest BCUT2D eigenvalue weighted by atomic mass is 10.0. The second kappa shape index (κ2) is 4.01. The third-order valence-corrected chi connectivity index (χ3v) is 5.34. The molecule has 0 aliphatic carbocycles. The van der Waals surface area contributed by atoms with Crippen molar-refractivity contribution in [2.75, 3.05) is 25.4 Å². The van der Waals surface area contributed by atoms with Crippen molar-refractivity contribution in [2.24, 2.45) is 0 Å². The van der Waals surface area contributed by atoms with E-state index >= 15 is 0 Å². The SMILES string of the molecule is O=S1(=O)CCCC1NCC1(O)CCNC1. The maximum atomic E-state index is 11.5. The molecule has 6 heteroatoms. The van der Waals surface area contributed by atoms with Crippen LogP contribution in [0.3, 0.4) is 0 Å². The van der Waals surface area contributed by atoms with Gasteiger partial charge < -0.3 is 10.4 Å². The van der Waals surface area contributed by atoms with Crippen molar-refractivity contribution in [3.63, 3.8) is 0 Å². The molecule has 0 aromatic heterocycles. The minimum atomic E-state index is -2.95. The summed E-state index contributed by atoms with van der Waals surface area (Å²) in [5, 5.41) is 15.6. The predicted octanol–water partition coefficient (Wildman–Crippen LogP) is -1.16. The van der Waals surface area contributed by atoms with E-state index in [0.717, 1.165) is 13.0 Å². The fourth-order valence-corrected chi connectivity index (χ4v) is 3.92. The lowest BCUT2D eigenvalue weighted by Crippen LogP contribution is -2.47. The average Bonchev–Trinajstić information content (AvgIpc) is 2.70. The van der Waals surface area contributed by atoms with Gasteiger partial charge in [0.15, 0.2) is 9.84 Å². The molecule has 0 saturated carbocycles. The molecule has 2 saturated heterocycles. The standard InChI is InChI=1S/C9H18N2O3S/c12-9(3-4-10-6-9)7-11-8-2-1-5-15(8,13)14/h8,10-12H,1-7H2. The first-order valence-corrected chi connectivity index (χ1v) is 7.11. The zero-order chi connectivity index (χ0) is 10.9. The number of aliphatic hydroxyl groups is 1. The summed E-state index contributed by atoms with van der Waals surface area (Å²) in [5.74, 6) is 0.279. The van der Waals surface area contributed by atoms with Crippen LogP contribution in [0.15, 0.2) is 0 Å². The Morgan fingerprint density at radius 2 is 2.33 bits per heavy atom. The van der Waals surface area contributed by atoms with Gasteiger partial charge in [-0.05, 0) is 25.8 Å². The number of sulfone groups is 1. The van der Waals surface area contributed by atoms with Crippen molar-refractivity contribution in [3.05, 3.63) is 0 Å². The van der Waals surface area contributed by atoms with E-state index in [4.69, 9.17) is 0 Å². The third kappa shape index (κ3) is 2.50. The number of hydrogen-bond donors (Lipinski definition) is 3. The van der Waals surface area contributed by atoms with Crippen molar-refractivity contribution in [1.29, 1.82) is 0 Å². The Hall–Kier alpha value is -0.170. The largest absolute Gasteiger partial charge is 0.387 e. The molecule has 5 nitrogen and oxygen atoms in total. The Morgan fingerprint density at radius 3 is 2.87 bits per heavy atom. The molecule has 15 heavy (non-hydrogen) atoms. The summed E-state index contributed by atoms with van der Waals surface area (Å²) in [7, 11) is -2.95. The van der Waals surface area contributed by atoms with E-state index in [1.807, 2.05) is 0 Å². The topological polar surface area (TPSA) is 78.4 Å². The Kier molecular flexibility index (Phi) is 3.03. The minimum absolute atomic E-state index is 0.279. The summed E-state index contributed by atoms with van der Waals surface area (Å²) in [4.78, 5) is 0. The van der Waals surface area contributed by atoms with Crippen LogP contribution in [0.2, 0.25) is 0 Å². The first kappa shape index (κ1) is 11.3. The Labute approximate surface area is 90.2 Å². The van der Waals surface area contributed by atoms with Crippen LogP contribution in [0.5, 0.6) is 0 Å². The van der Waals surface area contributed by atoms with Gasteiger partial charge in [0, 0.05) is 13.1 Å². The van der Waals surface area contributed by atoms with Crippen molar-refractivity contribution in [1.82, 2.24) is 10.6 Å². The highest BCUT2D eigenvalue weighted by Crippen LogP contribution is 2.19. The molecule has 2 atom stereocenters. The first-order valence-electron chi connectivity index (χ1n) is 5.40. The van der Waals surface area contributed by atoms with Crippen LogP contribution < -0.4 is 10.6 Å². The van der Waals surface area contributed by atoms with Gasteiger partial charge in [-0.25, -0.2) is 8.42 Å². The van der Waals surface area contributed by atoms with Crippen LogP contribution in [0.1, 0.15) is 19.3 Å². The molecule has 2 unspecified atom stereocenters. The van der Waals surface area contributed by atoms with Gasteiger partial charge in [-0.1, -0.05) is 0 Å². The fraction of sp³-hybridized carbons (Fsp3) is 1.00. The molecule has 0 radical (unpaired) electrons. The first-order chi connectivity index (χ1) is 7.02. The highest BCUT2D eigenvalue weighted by atomic mass is 32.2. The van der Waals surface area contributed by atoms with Crippen LogP contribution in [-0.2, 0) is 9.84 Å². The van der Waals surface area contributed by atoms with Gasteiger partial charge in [0.2, 0.25) is 0 Å². The third-order valence-electron chi connectivity index (χ3n) is 3.21. The van der Waals surface area contributed by atoms with Gasteiger partial charge in [-0.3, -0.25) is 5.32 Å². The van der Waals surface area contributed by atoms with E-state index in [1.165, 1.54) is 0 Å². The summed E-state index contributed by atoms with van der Waals surface area (Å²) in [5.41, 5.74) is -0.766. The van der Waals surface area contributed by atoms with Gasteiger partial charge in [0.1, 0.15) is 5.37 Å². The van der Waals surface area contributed by atoms with E-state index in [2.05, 4.69) is 10.6 Å². The van der Waals surface area contributed by atoms with E-state index in [9.17, 15) is 13.5 Å². The molecular weight excluding hydrogens is 216 g/mol. The second-order valence-corrected chi connectivity index (χ2v) is 6.83. The van der Waals surface area contributed by atoms with Gasteiger partial charge in [0.25, 0.3) is 0 Å². The van der Waals surface area contributed by atoms with E-state index in [1.54, 1.807) is 0 Å². The van der Waals surface area contributed by atoms with Gasteiger partial charge in [-0.2, -0.15) is 0 Å². The van der Waals surface area contributed by atoms with Gasteiger partial charge >= 0.3 is 0 Å². The molecule has 3 N–H and O–H groups in total. The maximum Gasteiger partial charge on any atom is 0.166 e. The van der Waals surface area contributed by atoms with E-state index in [0.29, 0.717) is 25.9 Å². The quantitative estimate of drug-likeness (QED) is 0.574. The van der Waals surface area contributed by atoms with Crippen LogP contribution in [0.25, 0.3) is 0 Å². The Bertz CT molecular complexity index is 322. The molecule has 2 aliphatic rings. The highest BCUT2D eigenvalue weighted by molar-refractivity contribution is 7.92. The van der Waals surface area contributed by atoms with Crippen LogP contribution in [0, 0.1) is 0 Å². The molecule has 0 spiro atoms. The number of β-amino-alcohol motifs (C(OH)–C–C–N with tert-alkyl or cyclic N) is 1. The lowest BCUT2D eigenvalue weighted by molar-refractivity contribution is 0.0604. The summed E-state index contributed by atoms with van der Waals surface area (Å²) in [6.45, 7) is 1.71. The molecular formula is C9H18N2O3S. The second-order valence-electron chi connectivity index (χ2n) is 4.53. The monoisotopic (exact) mass is 234 g/mol. The van der Waals surface area contributed by atoms with Crippen LogP contribution in [0.4, 0.5) is 0 Å². The molecule has 2 rings (SSSR count). The van der Waals surface area contributed by atoms with Crippen LogP contribution >= 0.6 is 0 Å². The summed E-state index contributed by atoms with van der Waals surface area (Å²) < 4.78 is 23.0. The Morgan fingerprint density at radius 1 is 1.53 bits per heavy atom. The summed E-state index contributed by atoms with van der Waals surface area (Å²) in [6.07, 6.45) is 2.09. The summed E-state index contributed by atoms with van der Waals surface area (Å²) >= 11 is 0. The lowest BCUT2D eigenvalue weighted by Gasteiger charge is -2.23. The smallest absolute Gasteiger partial charge is 0.166 e. The van der Waals surface area contributed by atoms with Crippen molar-refractivity contribution >= 4 is 9.84 Å². The molecule has 0 aromatic carbocycles. The highest BCUT2D eigenvalue weighted by Gasteiger charge is 2.35. The summed E-state index contributed by atoms with van der Waals surface area (Å²) in [6, 6.07) is 0. The molecule has 2 aliphatic heterocycles. The van der Waals surface area contributed by atoms with Crippen LogP contribution in [-0.4, -0.2) is 49.9 Å². The zero-order valence-corrected chi connectivity index (χ0v) is 9.52. The van der Waals surface area contributed by atoms with Gasteiger partial charge in [0.05, 0.1) is 11.4 Å². The van der Waals surface area contributed by atoms with Gasteiger partial charge in [-0.15, -0.1) is 0 Å². The molecule has 0 amide bonds. The zero-order valence-electron chi connectivity index (χ0n) is 8.70. The van der Waals surface area contributed by atoms with E-state index in [-0.39, 0.29) is 5.75 Å².